The second-order valence-corrected chi connectivity index (χ2v) is 6.36. The van der Waals surface area contributed by atoms with E-state index in [0.717, 1.165) is 5.56 Å². The second kappa shape index (κ2) is 5.54. The Morgan fingerprint density at radius 2 is 1.84 bits per heavy atom. The van der Waals surface area contributed by atoms with Crippen LogP contribution in [0.5, 0.6) is 0 Å². The highest BCUT2D eigenvalue weighted by atomic mass is 32.2. The lowest BCUT2D eigenvalue weighted by molar-refractivity contribution is 0.462. The Hall–Kier alpha value is -1.66. The van der Waals surface area contributed by atoms with Gasteiger partial charge in [0.25, 0.3) is 10.0 Å². The van der Waals surface area contributed by atoms with E-state index in [1.807, 2.05) is 44.2 Å². The molecule has 5 nitrogen and oxygen atoms in total. The van der Waals surface area contributed by atoms with E-state index >= 15 is 0 Å². The number of benzene rings is 1. The number of H-pyrrole nitrogens is 1. The average molecular weight is 279 g/mol. The summed E-state index contributed by atoms with van der Waals surface area (Å²) in [7, 11) is -3.58. The third-order valence-corrected chi connectivity index (χ3v) is 4.24. The summed E-state index contributed by atoms with van der Waals surface area (Å²) in [6, 6.07) is 10.7. The molecule has 2 aromatic rings. The molecule has 1 unspecified atom stereocenters. The number of nitrogens with one attached hydrogen (secondary N) is 2. The molecule has 6 heteroatoms. The summed E-state index contributed by atoms with van der Waals surface area (Å²) in [5.41, 5.74) is 0.945. The van der Waals surface area contributed by atoms with Gasteiger partial charge in [-0.1, -0.05) is 44.2 Å². The quantitative estimate of drug-likeness (QED) is 0.880. The first kappa shape index (κ1) is 13.8. The van der Waals surface area contributed by atoms with Crippen molar-refractivity contribution in [2.75, 3.05) is 0 Å². The molecule has 0 spiro atoms. The Morgan fingerprint density at radius 1 is 1.16 bits per heavy atom. The van der Waals surface area contributed by atoms with E-state index < -0.39 is 10.0 Å². The van der Waals surface area contributed by atoms with Crippen LogP contribution in [0.4, 0.5) is 0 Å². The molecule has 0 amide bonds. The molecular formula is C13H17N3O2S. The lowest BCUT2D eigenvalue weighted by Gasteiger charge is -2.22. The van der Waals surface area contributed by atoms with Crippen LogP contribution in [0.2, 0.25) is 0 Å². The number of nitrogens with zero attached hydrogens (tertiary/aromatic N) is 1. The van der Waals surface area contributed by atoms with Crippen LogP contribution in [0, 0.1) is 5.92 Å². The summed E-state index contributed by atoms with van der Waals surface area (Å²) in [6.07, 6.45) is 1.42. The SMILES string of the molecule is CC(C)C(NS(=O)(=O)c1ccn[nH]1)c1ccccc1. The zero-order chi connectivity index (χ0) is 13.9. The normalized spacial score (nSPS) is 13.6. The van der Waals surface area contributed by atoms with E-state index in [0.29, 0.717) is 0 Å². The van der Waals surface area contributed by atoms with Gasteiger partial charge in [-0.05, 0) is 17.5 Å². The highest BCUT2D eigenvalue weighted by Crippen LogP contribution is 2.23. The number of hydrogen-bond donors (Lipinski definition) is 2. The fraction of sp³-hybridized carbons (Fsp3) is 0.308. The monoisotopic (exact) mass is 279 g/mol. The Labute approximate surface area is 113 Å². The lowest BCUT2D eigenvalue weighted by Crippen LogP contribution is -2.32. The van der Waals surface area contributed by atoms with E-state index in [4.69, 9.17) is 0 Å². The van der Waals surface area contributed by atoms with E-state index in [-0.39, 0.29) is 17.0 Å². The van der Waals surface area contributed by atoms with Crippen molar-refractivity contribution in [3.05, 3.63) is 48.2 Å². The zero-order valence-corrected chi connectivity index (χ0v) is 11.7. The van der Waals surface area contributed by atoms with Gasteiger partial charge < -0.3 is 0 Å². The van der Waals surface area contributed by atoms with Gasteiger partial charge in [-0.25, -0.2) is 13.1 Å². The van der Waals surface area contributed by atoms with Gasteiger partial charge in [0.05, 0.1) is 6.20 Å². The minimum Gasteiger partial charge on any atom is -0.266 e. The largest absolute Gasteiger partial charge is 0.266 e. The Bertz CT molecular complexity index is 607. The summed E-state index contributed by atoms with van der Waals surface area (Å²) in [5.74, 6) is 0.139. The first-order valence-electron chi connectivity index (χ1n) is 6.07. The van der Waals surface area contributed by atoms with Gasteiger partial charge in [0.15, 0.2) is 5.03 Å². The van der Waals surface area contributed by atoms with Crippen LogP contribution in [0.3, 0.4) is 0 Å². The summed E-state index contributed by atoms with van der Waals surface area (Å²) < 4.78 is 27.1. The maximum absolute atomic E-state index is 12.2. The Morgan fingerprint density at radius 3 is 2.37 bits per heavy atom. The zero-order valence-electron chi connectivity index (χ0n) is 10.9. The fourth-order valence-corrected chi connectivity index (χ4v) is 3.16. The molecule has 102 valence electrons. The van der Waals surface area contributed by atoms with E-state index in [1.165, 1.54) is 12.3 Å². The third-order valence-electron chi connectivity index (χ3n) is 2.87. The van der Waals surface area contributed by atoms with Crippen molar-refractivity contribution < 1.29 is 8.42 Å². The van der Waals surface area contributed by atoms with Gasteiger partial charge in [0.1, 0.15) is 0 Å². The molecule has 0 aliphatic heterocycles. The molecule has 19 heavy (non-hydrogen) atoms. The van der Waals surface area contributed by atoms with Crippen LogP contribution in [0.15, 0.2) is 47.6 Å². The van der Waals surface area contributed by atoms with Gasteiger partial charge in [0.2, 0.25) is 0 Å². The smallest absolute Gasteiger partial charge is 0.258 e. The first-order chi connectivity index (χ1) is 9.00. The van der Waals surface area contributed by atoms with Crippen molar-refractivity contribution in [3.63, 3.8) is 0 Å². The molecule has 1 heterocycles. The minimum absolute atomic E-state index is 0.0779. The van der Waals surface area contributed by atoms with Crippen LogP contribution in [0.1, 0.15) is 25.5 Å². The van der Waals surface area contributed by atoms with Crippen LogP contribution in [0.25, 0.3) is 0 Å². The summed E-state index contributed by atoms with van der Waals surface area (Å²) in [6.45, 7) is 3.96. The molecule has 2 rings (SSSR count). The molecule has 0 bridgehead atoms. The molecule has 1 atom stereocenters. The predicted octanol–water partition coefficient (Wildman–Crippen LogP) is 2.09. The number of hydrogen-bond acceptors (Lipinski definition) is 3. The van der Waals surface area contributed by atoms with Gasteiger partial charge >= 0.3 is 0 Å². The molecule has 2 N–H and O–H groups in total. The van der Waals surface area contributed by atoms with Crippen LogP contribution < -0.4 is 4.72 Å². The summed E-state index contributed by atoms with van der Waals surface area (Å²) in [5, 5.41) is 6.22. The van der Waals surface area contributed by atoms with E-state index in [1.54, 1.807) is 0 Å². The molecule has 0 radical (unpaired) electrons. The van der Waals surface area contributed by atoms with Gasteiger partial charge in [-0.3, -0.25) is 5.10 Å². The lowest BCUT2D eigenvalue weighted by atomic mass is 9.97. The van der Waals surface area contributed by atoms with Crippen LogP contribution in [-0.4, -0.2) is 18.6 Å². The van der Waals surface area contributed by atoms with Crippen molar-refractivity contribution in [1.29, 1.82) is 0 Å². The van der Waals surface area contributed by atoms with Crippen molar-refractivity contribution in [1.82, 2.24) is 14.9 Å². The predicted molar refractivity (Wildman–Crippen MR) is 72.9 cm³/mol. The molecule has 1 aromatic heterocycles. The van der Waals surface area contributed by atoms with E-state index in [2.05, 4.69) is 14.9 Å². The Balaban J connectivity index is 2.28. The number of aromatic amines is 1. The van der Waals surface area contributed by atoms with Crippen molar-refractivity contribution in [2.45, 2.75) is 24.9 Å². The summed E-state index contributed by atoms with van der Waals surface area (Å²) in [4.78, 5) is 0. The molecule has 0 aliphatic carbocycles. The van der Waals surface area contributed by atoms with E-state index in [9.17, 15) is 8.42 Å². The molecule has 0 fully saturated rings. The highest BCUT2D eigenvalue weighted by molar-refractivity contribution is 7.89. The minimum atomic E-state index is -3.58. The molecular weight excluding hydrogens is 262 g/mol. The van der Waals surface area contributed by atoms with Crippen molar-refractivity contribution in [3.8, 4) is 0 Å². The standard InChI is InChI=1S/C13H17N3O2S/c1-10(2)13(11-6-4-3-5-7-11)16-19(17,18)12-8-9-14-15-12/h3-10,13,16H,1-2H3,(H,14,15). The maximum Gasteiger partial charge on any atom is 0.258 e. The number of rotatable bonds is 5. The van der Waals surface area contributed by atoms with Gasteiger partial charge in [-0.2, -0.15) is 5.10 Å². The first-order valence-corrected chi connectivity index (χ1v) is 7.55. The molecule has 0 saturated carbocycles. The van der Waals surface area contributed by atoms with Gasteiger partial charge in [-0.15, -0.1) is 0 Å². The number of sulfonamides is 1. The topological polar surface area (TPSA) is 74.8 Å². The van der Waals surface area contributed by atoms with Crippen LogP contribution in [-0.2, 0) is 10.0 Å². The van der Waals surface area contributed by atoms with Crippen molar-refractivity contribution >= 4 is 10.0 Å². The summed E-state index contributed by atoms with van der Waals surface area (Å²) >= 11 is 0. The third kappa shape index (κ3) is 3.21. The number of aromatic nitrogens is 2. The van der Waals surface area contributed by atoms with Gasteiger partial charge in [0, 0.05) is 6.04 Å². The molecule has 0 aliphatic rings. The van der Waals surface area contributed by atoms with Crippen molar-refractivity contribution in [2.24, 2.45) is 5.92 Å². The second-order valence-electron chi connectivity index (χ2n) is 4.67. The fourth-order valence-electron chi connectivity index (χ4n) is 1.87. The van der Waals surface area contributed by atoms with Crippen LogP contribution >= 0.6 is 0 Å². The molecule has 0 saturated heterocycles. The molecule has 1 aromatic carbocycles. The Kier molecular flexibility index (Phi) is 4.01. The average Bonchev–Trinajstić information content (AvgIpc) is 2.91. The highest BCUT2D eigenvalue weighted by Gasteiger charge is 2.24. The maximum atomic E-state index is 12.2.